The fraction of sp³-hybridized carbons (Fsp3) is 0.714. The molecule has 0 aliphatic carbocycles. The van der Waals surface area contributed by atoms with Crippen molar-refractivity contribution >= 4 is 47.3 Å². The largest absolute Gasteiger partial charge is 0.480 e. The monoisotopic (exact) mass is 532 g/mol. The summed E-state index contributed by atoms with van der Waals surface area (Å²) in [7, 11) is 0. The van der Waals surface area contributed by atoms with Crippen LogP contribution in [-0.2, 0) is 24.0 Å². The number of aliphatic imine (C=N–C) groups is 1. The predicted octanol–water partition coefficient (Wildman–Crippen LogP) is -2.42. The molecular weight excluding hydrogens is 492 g/mol. The number of carbonyl (C=O) groups is 5. The van der Waals surface area contributed by atoms with E-state index in [1.165, 1.54) is 11.8 Å². The number of guanidine groups is 1. The Balaban J connectivity index is 5.65. The molecule has 5 atom stereocenters. The van der Waals surface area contributed by atoms with Crippen LogP contribution in [0.15, 0.2) is 4.99 Å². The van der Waals surface area contributed by atoms with E-state index in [1.54, 1.807) is 0 Å². The maximum absolute atomic E-state index is 13.1. The third-order valence-electron chi connectivity index (χ3n) is 5.40. The molecule has 0 aromatic rings. The number of hydrogen-bond donors (Lipinski definition) is 8. The van der Waals surface area contributed by atoms with Gasteiger partial charge in [-0.1, -0.05) is 20.3 Å². The summed E-state index contributed by atoms with van der Waals surface area (Å²) in [5, 5.41) is 16.7. The summed E-state index contributed by atoms with van der Waals surface area (Å²) in [6, 6.07) is -4.57. The molecule has 36 heavy (non-hydrogen) atoms. The number of carboxylic acid groups (broad SMARTS) is 1. The number of carbonyl (C=O) groups excluding carboxylic acids is 4. The summed E-state index contributed by atoms with van der Waals surface area (Å²) in [6.45, 7) is 3.87. The van der Waals surface area contributed by atoms with E-state index in [9.17, 15) is 29.1 Å². The van der Waals surface area contributed by atoms with Gasteiger partial charge in [-0.15, -0.1) is 0 Å². The fourth-order valence-corrected chi connectivity index (χ4v) is 3.47. The second-order valence-corrected chi connectivity index (χ2v) is 9.32. The van der Waals surface area contributed by atoms with Crippen LogP contribution < -0.4 is 38.9 Å². The zero-order chi connectivity index (χ0) is 27.8. The molecule has 206 valence electrons. The van der Waals surface area contributed by atoms with Crippen LogP contribution in [0.4, 0.5) is 0 Å². The highest BCUT2D eigenvalue weighted by Crippen LogP contribution is 2.09. The highest BCUT2D eigenvalue weighted by molar-refractivity contribution is 7.98. The predicted molar refractivity (Wildman–Crippen MR) is 138 cm³/mol. The van der Waals surface area contributed by atoms with E-state index in [2.05, 4.69) is 20.9 Å². The first-order valence-corrected chi connectivity index (χ1v) is 12.9. The van der Waals surface area contributed by atoms with Gasteiger partial charge in [0.25, 0.3) is 0 Å². The lowest BCUT2D eigenvalue weighted by molar-refractivity contribution is -0.143. The topological polar surface area (TPSA) is 258 Å². The second-order valence-electron chi connectivity index (χ2n) is 8.33. The Kier molecular flexibility index (Phi) is 15.9. The molecule has 0 rings (SSSR count). The van der Waals surface area contributed by atoms with Crippen molar-refractivity contribution < 1.29 is 29.1 Å². The Hall–Kier alpha value is -3.07. The summed E-state index contributed by atoms with van der Waals surface area (Å²) in [5.74, 6) is -4.08. The average Bonchev–Trinajstić information content (AvgIpc) is 2.81. The van der Waals surface area contributed by atoms with Gasteiger partial charge in [0.1, 0.15) is 18.1 Å². The van der Waals surface area contributed by atoms with Crippen molar-refractivity contribution in [1.82, 2.24) is 16.0 Å². The van der Waals surface area contributed by atoms with Crippen LogP contribution >= 0.6 is 11.8 Å². The molecule has 0 heterocycles. The summed E-state index contributed by atoms with van der Waals surface area (Å²) < 4.78 is 0. The van der Waals surface area contributed by atoms with Crippen LogP contribution in [0.3, 0.4) is 0 Å². The Morgan fingerprint density at radius 1 is 0.917 bits per heavy atom. The number of hydrogen-bond acceptors (Lipinski definition) is 8. The first-order valence-electron chi connectivity index (χ1n) is 11.6. The van der Waals surface area contributed by atoms with E-state index in [0.29, 0.717) is 12.2 Å². The minimum Gasteiger partial charge on any atom is -0.480 e. The van der Waals surface area contributed by atoms with Crippen LogP contribution in [0.25, 0.3) is 0 Å². The lowest BCUT2D eigenvalue weighted by Crippen LogP contribution is -2.58. The smallest absolute Gasteiger partial charge is 0.326 e. The molecule has 0 saturated carbocycles. The SMILES string of the molecule is CCC(C)C(N)C(=O)NC(CCSC)C(=O)NC(CCCN=C(N)N)C(=O)NC(CC(N)=O)C(=O)O. The van der Waals surface area contributed by atoms with Crippen LogP contribution in [0.2, 0.25) is 0 Å². The van der Waals surface area contributed by atoms with Crippen molar-refractivity contribution in [2.24, 2.45) is 33.8 Å². The van der Waals surface area contributed by atoms with Gasteiger partial charge in [-0.3, -0.25) is 24.2 Å². The van der Waals surface area contributed by atoms with E-state index in [1.807, 2.05) is 20.1 Å². The Morgan fingerprint density at radius 2 is 1.44 bits per heavy atom. The van der Waals surface area contributed by atoms with Crippen molar-refractivity contribution in [2.75, 3.05) is 18.6 Å². The number of amides is 4. The normalized spacial score (nSPS) is 14.9. The molecule has 0 aliphatic heterocycles. The number of primary amides is 1. The van der Waals surface area contributed by atoms with Crippen molar-refractivity contribution in [2.45, 2.75) is 70.1 Å². The Morgan fingerprint density at radius 3 is 1.92 bits per heavy atom. The van der Waals surface area contributed by atoms with Gasteiger partial charge in [0.15, 0.2) is 5.96 Å². The number of carboxylic acids is 1. The molecule has 0 aliphatic rings. The molecule has 0 aromatic heterocycles. The standard InChI is InChI=1S/C21H40N8O6S/c1-4-11(2)16(23)19(33)28-13(7-9-36-3)18(32)27-12(6-5-8-26-21(24)25)17(31)29-14(20(34)35)10-15(22)30/h11-14,16H,4-10,23H2,1-3H3,(H2,22,30)(H,27,32)(H,28,33)(H,29,31)(H,34,35)(H4,24,25,26). The number of nitrogens with two attached hydrogens (primary N) is 4. The lowest BCUT2D eigenvalue weighted by Gasteiger charge is -2.26. The molecule has 0 bridgehead atoms. The van der Waals surface area contributed by atoms with Crippen LogP contribution in [0, 0.1) is 5.92 Å². The lowest BCUT2D eigenvalue weighted by atomic mass is 9.99. The van der Waals surface area contributed by atoms with Crippen molar-refractivity contribution in [3.8, 4) is 0 Å². The zero-order valence-corrected chi connectivity index (χ0v) is 21.8. The molecule has 12 N–H and O–H groups in total. The summed E-state index contributed by atoms with van der Waals surface area (Å²) in [5.41, 5.74) is 21.7. The van der Waals surface area contributed by atoms with Gasteiger partial charge >= 0.3 is 5.97 Å². The van der Waals surface area contributed by atoms with Crippen LogP contribution in [0.1, 0.15) is 46.0 Å². The Labute approximate surface area is 215 Å². The first-order chi connectivity index (χ1) is 16.8. The zero-order valence-electron chi connectivity index (χ0n) is 21.0. The van der Waals surface area contributed by atoms with E-state index in [-0.39, 0.29) is 37.7 Å². The number of aliphatic carboxylic acids is 1. The maximum atomic E-state index is 13.1. The number of thioether (sulfide) groups is 1. The minimum absolute atomic E-state index is 0.0485. The van der Waals surface area contributed by atoms with E-state index in [0.717, 1.165) is 0 Å². The number of rotatable bonds is 18. The molecule has 0 saturated heterocycles. The third kappa shape index (κ3) is 13.1. The molecule has 0 fully saturated rings. The van der Waals surface area contributed by atoms with Gasteiger partial charge in [-0.2, -0.15) is 11.8 Å². The summed E-state index contributed by atoms with van der Waals surface area (Å²) in [6.07, 6.45) is 2.47. The maximum Gasteiger partial charge on any atom is 0.326 e. The average molecular weight is 533 g/mol. The number of nitrogens with one attached hydrogen (secondary N) is 3. The highest BCUT2D eigenvalue weighted by Gasteiger charge is 2.31. The van der Waals surface area contributed by atoms with Gasteiger partial charge in [0.05, 0.1) is 12.5 Å². The molecule has 15 heteroatoms. The quantitative estimate of drug-likeness (QED) is 0.0526. The minimum atomic E-state index is -1.58. The van der Waals surface area contributed by atoms with Crippen molar-refractivity contribution in [1.29, 1.82) is 0 Å². The Bertz CT molecular complexity index is 792. The van der Waals surface area contributed by atoms with Gasteiger partial charge in [0, 0.05) is 6.54 Å². The molecule has 0 aromatic carbocycles. The van der Waals surface area contributed by atoms with Gasteiger partial charge in [-0.05, 0) is 37.2 Å². The van der Waals surface area contributed by atoms with E-state index in [4.69, 9.17) is 22.9 Å². The fourth-order valence-electron chi connectivity index (χ4n) is 3.00. The van der Waals surface area contributed by atoms with Crippen LogP contribution in [0.5, 0.6) is 0 Å². The molecule has 14 nitrogen and oxygen atoms in total. The first kappa shape index (κ1) is 32.9. The van der Waals surface area contributed by atoms with Crippen molar-refractivity contribution in [3.05, 3.63) is 0 Å². The molecular formula is C21H40N8O6S. The van der Waals surface area contributed by atoms with E-state index < -0.39 is 60.2 Å². The van der Waals surface area contributed by atoms with Crippen LogP contribution in [-0.4, -0.2) is 83.4 Å². The van der Waals surface area contributed by atoms with E-state index >= 15 is 0 Å². The highest BCUT2D eigenvalue weighted by atomic mass is 32.2. The molecule has 4 amide bonds. The summed E-state index contributed by atoms with van der Waals surface area (Å²) >= 11 is 1.47. The second kappa shape index (κ2) is 17.4. The molecule has 0 spiro atoms. The van der Waals surface area contributed by atoms with Gasteiger partial charge < -0.3 is 44.0 Å². The molecule has 0 radical (unpaired) electrons. The summed E-state index contributed by atoms with van der Waals surface area (Å²) in [4.78, 5) is 65.0. The molecule has 5 unspecified atom stereocenters. The van der Waals surface area contributed by atoms with Gasteiger partial charge in [0.2, 0.25) is 23.6 Å². The van der Waals surface area contributed by atoms with Crippen molar-refractivity contribution in [3.63, 3.8) is 0 Å². The third-order valence-corrected chi connectivity index (χ3v) is 6.05. The van der Waals surface area contributed by atoms with Gasteiger partial charge in [-0.25, -0.2) is 4.79 Å². The number of nitrogens with zero attached hydrogens (tertiary/aromatic N) is 1.